The first-order valence-corrected chi connectivity index (χ1v) is 10.9. The van der Waals surface area contributed by atoms with E-state index in [0.717, 1.165) is 22.3 Å². The monoisotopic (exact) mass is 428 g/mol. The van der Waals surface area contributed by atoms with Gasteiger partial charge in [0, 0.05) is 31.5 Å². The van der Waals surface area contributed by atoms with Crippen LogP contribution < -0.4 is 0 Å². The molecule has 0 atom stereocenters. The zero-order valence-electron chi connectivity index (χ0n) is 16.9. The summed E-state index contributed by atoms with van der Waals surface area (Å²) in [6.45, 7) is 0.583. The average molecular weight is 429 g/mol. The van der Waals surface area contributed by atoms with Crippen LogP contribution in [0.4, 0.5) is 0 Å². The second-order valence-electron chi connectivity index (χ2n) is 7.22. The molecule has 0 saturated carbocycles. The van der Waals surface area contributed by atoms with E-state index in [1.807, 2.05) is 90.6 Å². The Morgan fingerprint density at radius 2 is 1.74 bits per heavy atom. The predicted molar refractivity (Wildman–Crippen MR) is 121 cm³/mol. The number of benzene rings is 2. The fraction of sp³-hybridized carbons (Fsp3) is 0.130. The van der Waals surface area contributed by atoms with Crippen molar-refractivity contribution in [2.24, 2.45) is 0 Å². The number of carbonyl (C=O) groups is 1. The van der Waals surface area contributed by atoms with Gasteiger partial charge < -0.3 is 4.90 Å². The summed E-state index contributed by atoms with van der Waals surface area (Å²) in [5.74, 6) is 0.339. The van der Waals surface area contributed by atoms with E-state index >= 15 is 0 Å². The lowest BCUT2D eigenvalue weighted by atomic mass is 10.1. The van der Waals surface area contributed by atoms with E-state index in [-0.39, 0.29) is 5.91 Å². The van der Waals surface area contributed by atoms with Gasteiger partial charge in [0.15, 0.2) is 10.8 Å². The molecule has 0 spiro atoms. The average Bonchev–Trinajstić information content (AvgIpc) is 3.42. The van der Waals surface area contributed by atoms with Crippen molar-refractivity contribution in [2.45, 2.75) is 11.7 Å². The summed E-state index contributed by atoms with van der Waals surface area (Å²) in [5, 5.41) is 14.0. The summed E-state index contributed by atoms with van der Waals surface area (Å²) in [6.07, 6.45) is 3.76. The van der Waals surface area contributed by atoms with Crippen LogP contribution in [0.25, 0.3) is 22.4 Å². The molecule has 3 aromatic heterocycles. The van der Waals surface area contributed by atoms with E-state index in [4.69, 9.17) is 0 Å². The van der Waals surface area contributed by atoms with Crippen molar-refractivity contribution in [1.29, 1.82) is 0 Å². The number of rotatable bonds is 6. The minimum absolute atomic E-state index is 0.0439. The summed E-state index contributed by atoms with van der Waals surface area (Å²) in [5.41, 5.74) is 4.61. The van der Waals surface area contributed by atoms with Gasteiger partial charge in [0.05, 0.1) is 11.4 Å². The van der Waals surface area contributed by atoms with Gasteiger partial charge in [-0.3, -0.25) is 9.20 Å². The fourth-order valence-corrected chi connectivity index (χ4v) is 4.28. The Kier molecular flexibility index (Phi) is 5.13. The standard InChI is InChI=1S/C23H20N6OS/c1-27(15-17-8-4-2-5-9-17)21(30)16-31-23-25-24-22-20-14-19(18-10-6-3-7-11-18)26-29(20)13-12-28(22)23/h2-14H,15-16H2,1H3. The normalized spacial score (nSPS) is 11.3. The van der Waals surface area contributed by atoms with E-state index in [1.165, 1.54) is 11.8 Å². The lowest BCUT2D eigenvalue weighted by Gasteiger charge is -2.16. The quantitative estimate of drug-likeness (QED) is 0.385. The Hall–Kier alpha value is -3.65. The summed E-state index contributed by atoms with van der Waals surface area (Å²) < 4.78 is 3.71. The van der Waals surface area contributed by atoms with Crippen LogP contribution in [0.15, 0.2) is 84.3 Å². The molecule has 5 aromatic rings. The molecule has 0 aliphatic carbocycles. The molecular weight excluding hydrogens is 408 g/mol. The largest absolute Gasteiger partial charge is 0.341 e. The van der Waals surface area contributed by atoms with Gasteiger partial charge in [-0.2, -0.15) is 5.10 Å². The van der Waals surface area contributed by atoms with Gasteiger partial charge in [-0.1, -0.05) is 72.4 Å². The van der Waals surface area contributed by atoms with Crippen LogP contribution in [-0.2, 0) is 11.3 Å². The fourth-order valence-electron chi connectivity index (χ4n) is 3.42. The number of hydrogen-bond acceptors (Lipinski definition) is 5. The van der Waals surface area contributed by atoms with Crippen molar-refractivity contribution < 1.29 is 4.79 Å². The maximum absolute atomic E-state index is 12.6. The van der Waals surface area contributed by atoms with Crippen molar-refractivity contribution in [1.82, 2.24) is 29.1 Å². The maximum atomic E-state index is 12.6. The first-order chi connectivity index (χ1) is 15.2. The van der Waals surface area contributed by atoms with E-state index in [2.05, 4.69) is 15.3 Å². The molecule has 0 bridgehead atoms. The van der Waals surface area contributed by atoms with Gasteiger partial charge >= 0.3 is 0 Å². The maximum Gasteiger partial charge on any atom is 0.233 e. The highest BCUT2D eigenvalue weighted by molar-refractivity contribution is 7.99. The Balaban J connectivity index is 1.34. The SMILES string of the molecule is CN(Cc1ccccc1)C(=O)CSc1nnc2c3cc(-c4ccccc4)nn3ccn12. The minimum Gasteiger partial charge on any atom is -0.341 e. The molecule has 8 heteroatoms. The third-order valence-electron chi connectivity index (χ3n) is 5.07. The lowest BCUT2D eigenvalue weighted by Crippen LogP contribution is -2.27. The highest BCUT2D eigenvalue weighted by atomic mass is 32.2. The van der Waals surface area contributed by atoms with Crippen LogP contribution in [-0.4, -0.2) is 47.8 Å². The molecule has 0 aliphatic heterocycles. The summed E-state index contributed by atoms with van der Waals surface area (Å²) in [7, 11) is 1.82. The third-order valence-corrected chi connectivity index (χ3v) is 6.00. The van der Waals surface area contributed by atoms with Gasteiger partial charge in [0.2, 0.25) is 5.91 Å². The molecule has 0 fully saturated rings. The number of fused-ring (bicyclic) bond motifs is 3. The van der Waals surface area contributed by atoms with Crippen LogP contribution in [0.2, 0.25) is 0 Å². The summed E-state index contributed by atoms with van der Waals surface area (Å²) >= 11 is 1.38. The van der Waals surface area contributed by atoms with E-state index in [1.54, 1.807) is 9.42 Å². The van der Waals surface area contributed by atoms with Crippen molar-refractivity contribution in [3.05, 3.63) is 84.7 Å². The van der Waals surface area contributed by atoms with Crippen molar-refractivity contribution in [2.75, 3.05) is 12.8 Å². The Morgan fingerprint density at radius 1 is 1.00 bits per heavy atom. The predicted octanol–water partition coefficient (Wildman–Crippen LogP) is 3.79. The van der Waals surface area contributed by atoms with Crippen molar-refractivity contribution in [3.8, 4) is 11.3 Å². The highest BCUT2D eigenvalue weighted by Crippen LogP contribution is 2.24. The molecule has 31 heavy (non-hydrogen) atoms. The molecular formula is C23H20N6OS. The molecule has 2 aromatic carbocycles. The van der Waals surface area contributed by atoms with E-state index in [9.17, 15) is 4.79 Å². The molecule has 0 saturated heterocycles. The number of nitrogens with zero attached hydrogens (tertiary/aromatic N) is 6. The van der Waals surface area contributed by atoms with Crippen LogP contribution >= 0.6 is 11.8 Å². The molecule has 0 radical (unpaired) electrons. The van der Waals surface area contributed by atoms with E-state index < -0.39 is 0 Å². The number of thioether (sulfide) groups is 1. The topological polar surface area (TPSA) is 67.8 Å². The Labute approximate surface area is 183 Å². The van der Waals surface area contributed by atoms with Crippen LogP contribution in [0, 0.1) is 0 Å². The van der Waals surface area contributed by atoms with Crippen molar-refractivity contribution in [3.63, 3.8) is 0 Å². The summed E-state index contributed by atoms with van der Waals surface area (Å²) in [6, 6.07) is 22.0. The lowest BCUT2D eigenvalue weighted by molar-refractivity contribution is -0.127. The van der Waals surface area contributed by atoms with Gasteiger partial charge in [-0.05, 0) is 11.6 Å². The van der Waals surface area contributed by atoms with Gasteiger partial charge in [0.1, 0.15) is 5.52 Å². The third kappa shape index (κ3) is 3.89. The van der Waals surface area contributed by atoms with Crippen LogP contribution in [0.5, 0.6) is 0 Å². The molecule has 0 N–H and O–H groups in total. The Bertz CT molecular complexity index is 1350. The zero-order chi connectivity index (χ0) is 21.2. The van der Waals surface area contributed by atoms with Crippen LogP contribution in [0.1, 0.15) is 5.56 Å². The number of carbonyl (C=O) groups excluding carboxylic acids is 1. The zero-order valence-corrected chi connectivity index (χ0v) is 17.7. The number of amides is 1. The number of hydrogen-bond donors (Lipinski definition) is 0. The first-order valence-electron chi connectivity index (χ1n) is 9.88. The van der Waals surface area contributed by atoms with Gasteiger partial charge in [0.25, 0.3) is 0 Å². The molecule has 7 nitrogen and oxygen atoms in total. The molecule has 0 unspecified atom stereocenters. The van der Waals surface area contributed by atoms with Crippen molar-refractivity contribution >= 4 is 28.8 Å². The minimum atomic E-state index is 0.0439. The molecule has 154 valence electrons. The molecule has 0 aliphatic rings. The first kappa shape index (κ1) is 19.3. The molecule has 1 amide bonds. The van der Waals surface area contributed by atoms with Gasteiger partial charge in [-0.15, -0.1) is 10.2 Å². The second kappa shape index (κ2) is 8.23. The van der Waals surface area contributed by atoms with Crippen LogP contribution in [0.3, 0.4) is 0 Å². The van der Waals surface area contributed by atoms with E-state index in [0.29, 0.717) is 23.1 Å². The second-order valence-corrected chi connectivity index (χ2v) is 8.17. The molecule has 5 rings (SSSR count). The smallest absolute Gasteiger partial charge is 0.233 e. The summed E-state index contributed by atoms with van der Waals surface area (Å²) in [4.78, 5) is 14.3. The van der Waals surface area contributed by atoms with Gasteiger partial charge in [-0.25, -0.2) is 4.52 Å². The Morgan fingerprint density at radius 3 is 2.52 bits per heavy atom. The molecule has 3 heterocycles. The highest BCUT2D eigenvalue weighted by Gasteiger charge is 2.15. The number of aromatic nitrogens is 5.